The van der Waals surface area contributed by atoms with E-state index in [1.165, 1.54) is 22.5 Å². The van der Waals surface area contributed by atoms with Gasteiger partial charge in [0.1, 0.15) is 5.69 Å². The van der Waals surface area contributed by atoms with Crippen LogP contribution in [0.2, 0.25) is 5.02 Å². The number of carbonyl (C=O) groups excluding carboxylic acids is 1. The van der Waals surface area contributed by atoms with Gasteiger partial charge in [-0.15, -0.1) is 0 Å². The summed E-state index contributed by atoms with van der Waals surface area (Å²) in [5.74, 6) is -0.0418. The van der Waals surface area contributed by atoms with E-state index >= 15 is 0 Å². The maximum absolute atomic E-state index is 12.7. The number of fused-ring (bicyclic) bond motifs is 1. The fourth-order valence-electron chi connectivity index (χ4n) is 3.58. The molecule has 1 fully saturated rings. The van der Waals surface area contributed by atoms with Gasteiger partial charge in [0.2, 0.25) is 0 Å². The average Bonchev–Trinajstić information content (AvgIpc) is 3.00. The van der Waals surface area contributed by atoms with Crippen molar-refractivity contribution in [1.29, 1.82) is 0 Å². The van der Waals surface area contributed by atoms with Crippen molar-refractivity contribution in [1.82, 2.24) is 19.6 Å². The van der Waals surface area contributed by atoms with Crippen molar-refractivity contribution >= 4 is 28.3 Å². The number of nitrogens with zero attached hydrogens (tertiary/aromatic N) is 4. The van der Waals surface area contributed by atoms with E-state index in [1.54, 1.807) is 11.7 Å². The molecule has 0 N–H and O–H groups in total. The zero-order valence-corrected chi connectivity index (χ0v) is 15.5. The van der Waals surface area contributed by atoms with Gasteiger partial charge in [0, 0.05) is 39.8 Å². The van der Waals surface area contributed by atoms with E-state index in [0.717, 1.165) is 19.6 Å². The Bertz CT molecular complexity index is 919. The fraction of sp³-hybridized carbons (Fsp3) is 0.300. The van der Waals surface area contributed by atoms with Gasteiger partial charge in [-0.3, -0.25) is 14.4 Å². The summed E-state index contributed by atoms with van der Waals surface area (Å²) in [6.45, 7) is 4.00. The van der Waals surface area contributed by atoms with Crippen molar-refractivity contribution in [3.05, 3.63) is 64.9 Å². The Kier molecular flexibility index (Phi) is 4.66. The van der Waals surface area contributed by atoms with Crippen LogP contribution in [0.3, 0.4) is 0 Å². The van der Waals surface area contributed by atoms with E-state index in [0.29, 0.717) is 23.8 Å². The molecule has 0 bridgehead atoms. The molecule has 6 heteroatoms. The molecule has 1 aliphatic rings. The zero-order valence-electron chi connectivity index (χ0n) is 14.7. The fourth-order valence-corrected chi connectivity index (χ4v) is 3.83. The molecule has 0 spiro atoms. The lowest BCUT2D eigenvalue weighted by Crippen LogP contribution is -2.48. The van der Waals surface area contributed by atoms with E-state index in [4.69, 9.17) is 11.6 Å². The highest BCUT2D eigenvalue weighted by Crippen LogP contribution is 2.21. The Labute approximate surface area is 157 Å². The Morgan fingerprint density at radius 3 is 2.54 bits per heavy atom. The first-order valence-corrected chi connectivity index (χ1v) is 9.17. The summed E-state index contributed by atoms with van der Waals surface area (Å²) in [5.41, 5.74) is 1.80. The topological polar surface area (TPSA) is 41.4 Å². The zero-order chi connectivity index (χ0) is 18.1. The monoisotopic (exact) mass is 368 g/mol. The highest BCUT2D eigenvalue weighted by Gasteiger charge is 2.26. The van der Waals surface area contributed by atoms with Crippen LogP contribution < -0.4 is 0 Å². The van der Waals surface area contributed by atoms with Gasteiger partial charge in [-0.05, 0) is 16.3 Å². The highest BCUT2D eigenvalue weighted by molar-refractivity contribution is 6.33. The lowest BCUT2D eigenvalue weighted by molar-refractivity contribution is 0.0618. The van der Waals surface area contributed by atoms with Crippen molar-refractivity contribution in [3.8, 4) is 0 Å². The smallest absolute Gasteiger partial charge is 0.273 e. The Morgan fingerprint density at radius 1 is 1.08 bits per heavy atom. The van der Waals surface area contributed by atoms with Gasteiger partial charge >= 0.3 is 0 Å². The number of benzene rings is 2. The first-order chi connectivity index (χ1) is 12.6. The molecule has 3 aromatic rings. The molecule has 0 radical (unpaired) electrons. The maximum Gasteiger partial charge on any atom is 0.273 e. The van der Waals surface area contributed by atoms with Crippen LogP contribution in [0.5, 0.6) is 0 Å². The first kappa shape index (κ1) is 17.1. The number of carbonyl (C=O) groups is 1. The second-order valence-electron chi connectivity index (χ2n) is 6.67. The molecule has 5 nitrogen and oxygen atoms in total. The number of hydrogen-bond acceptors (Lipinski definition) is 3. The lowest BCUT2D eigenvalue weighted by Gasteiger charge is -2.35. The largest absolute Gasteiger partial charge is 0.335 e. The van der Waals surface area contributed by atoms with Crippen LogP contribution >= 0.6 is 11.6 Å². The second kappa shape index (κ2) is 7.09. The molecule has 2 aromatic carbocycles. The molecule has 1 saturated heterocycles. The van der Waals surface area contributed by atoms with Gasteiger partial charge in [-0.25, -0.2) is 0 Å². The summed E-state index contributed by atoms with van der Waals surface area (Å²) < 4.78 is 1.55. The summed E-state index contributed by atoms with van der Waals surface area (Å²) in [6, 6.07) is 14.9. The second-order valence-corrected chi connectivity index (χ2v) is 7.08. The van der Waals surface area contributed by atoms with Gasteiger partial charge in [0.25, 0.3) is 5.91 Å². The Morgan fingerprint density at radius 2 is 1.81 bits per heavy atom. The number of aromatic nitrogens is 2. The van der Waals surface area contributed by atoms with E-state index in [9.17, 15) is 4.79 Å². The standard InChI is InChI=1S/C20H21ClN4O/c1-23-19(18(21)13-22-23)20(26)25-11-9-24(10-12-25)14-16-7-4-6-15-5-2-3-8-17(15)16/h2-8,13H,9-12,14H2,1H3. The SMILES string of the molecule is Cn1ncc(Cl)c1C(=O)N1CCN(Cc2cccc3ccccc23)CC1. The minimum atomic E-state index is -0.0418. The molecule has 134 valence electrons. The minimum absolute atomic E-state index is 0.0418. The molecule has 1 aliphatic heterocycles. The van der Waals surface area contributed by atoms with Crippen molar-refractivity contribution in [2.24, 2.45) is 7.05 Å². The normalized spacial score (nSPS) is 15.5. The average molecular weight is 369 g/mol. The molecular weight excluding hydrogens is 348 g/mol. The Balaban J connectivity index is 1.43. The molecule has 2 heterocycles. The van der Waals surface area contributed by atoms with Gasteiger partial charge < -0.3 is 4.90 Å². The molecule has 1 amide bonds. The summed E-state index contributed by atoms with van der Waals surface area (Å²) in [7, 11) is 1.75. The molecule has 0 atom stereocenters. The van der Waals surface area contributed by atoms with Crippen LogP contribution in [-0.4, -0.2) is 51.7 Å². The van der Waals surface area contributed by atoms with E-state index in [-0.39, 0.29) is 5.91 Å². The summed E-state index contributed by atoms with van der Waals surface area (Å²) >= 11 is 6.11. The van der Waals surface area contributed by atoms with E-state index in [1.807, 2.05) is 4.90 Å². The molecule has 26 heavy (non-hydrogen) atoms. The van der Waals surface area contributed by atoms with Gasteiger partial charge in [-0.1, -0.05) is 54.1 Å². The molecule has 1 aromatic heterocycles. The summed E-state index contributed by atoms with van der Waals surface area (Å²) in [6.07, 6.45) is 1.52. The number of rotatable bonds is 3. The van der Waals surface area contributed by atoms with Crippen molar-refractivity contribution in [2.75, 3.05) is 26.2 Å². The maximum atomic E-state index is 12.7. The van der Waals surface area contributed by atoms with Gasteiger partial charge in [-0.2, -0.15) is 5.10 Å². The molecule has 0 saturated carbocycles. The van der Waals surface area contributed by atoms with E-state index < -0.39 is 0 Å². The predicted molar refractivity (Wildman–Crippen MR) is 103 cm³/mol. The Hall–Kier alpha value is -2.37. The minimum Gasteiger partial charge on any atom is -0.335 e. The molecular formula is C20H21ClN4O. The van der Waals surface area contributed by atoms with Crippen LogP contribution in [0.1, 0.15) is 16.1 Å². The molecule has 4 rings (SSSR count). The van der Waals surface area contributed by atoms with Crippen molar-refractivity contribution < 1.29 is 4.79 Å². The van der Waals surface area contributed by atoms with Gasteiger partial charge in [0.15, 0.2) is 0 Å². The lowest BCUT2D eigenvalue weighted by atomic mass is 10.0. The summed E-state index contributed by atoms with van der Waals surface area (Å²) in [4.78, 5) is 17.0. The predicted octanol–water partition coefficient (Wildman–Crippen LogP) is 3.18. The third-order valence-corrected chi connectivity index (χ3v) is 5.31. The number of piperazine rings is 1. The number of amides is 1. The quantitative estimate of drug-likeness (QED) is 0.713. The molecule has 0 aliphatic carbocycles. The number of hydrogen-bond donors (Lipinski definition) is 0. The van der Waals surface area contributed by atoms with Crippen LogP contribution in [0, 0.1) is 0 Å². The van der Waals surface area contributed by atoms with Crippen LogP contribution in [0.15, 0.2) is 48.7 Å². The van der Waals surface area contributed by atoms with Gasteiger partial charge in [0.05, 0.1) is 11.2 Å². The van der Waals surface area contributed by atoms with Crippen molar-refractivity contribution in [2.45, 2.75) is 6.54 Å². The first-order valence-electron chi connectivity index (χ1n) is 8.79. The third kappa shape index (κ3) is 3.20. The van der Waals surface area contributed by atoms with Crippen molar-refractivity contribution in [3.63, 3.8) is 0 Å². The molecule has 0 unspecified atom stereocenters. The van der Waals surface area contributed by atoms with E-state index in [2.05, 4.69) is 52.5 Å². The van der Waals surface area contributed by atoms with Crippen LogP contribution in [0.4, 0.5) is 0 Å². The summed E-state index contributed by atoms with van der Waals surface area (Å²) in [5, 5.41) is 7.04. The number of halogens is 1. The van der Waals surface area contributed by atoms with Crippen LogP contribution in [0.25, 0.3) is 10.8 Å². The third-order valence-electron chi connectivity index (χ3n) is 5.03. The van der Waals surface area contributed by atoms with Crippen LogP contribution in [-0.2, 0) is 13.6 Å². The highest BCUT2D eigenvalue weighted by atomic mass is 35.5. The number of aryl methyl sites for hydroxylation is 1.